The van der Waals surface area contributed by atoms with E-state index in [0.717, 1.165) is 24.0 Å². The summed E-state index contributed by atoms with van der Waals surface area (Å²) in [6, 6.07) is 7.58. The Morgan fingerprint density at radius 3 is 2.57 bits per heavy atom. The molecule has 0 aliphatic carbocycles. The standard InChI is InChI=1S/C18H19N7O3/c1-22-8-4-9-24(16(26)7-10-23-11-15(19-12-23)25(27)28)18-17(22)20-13-5-2-3-6-14(13)21-18/h2-3,5-6,11-12H,4,7-10H2,1H3. The van der Waals surface area contributed by atoms with E-state index in [1.807, 2.05) is 36.2 Å². The number of para-hydroxylation sites is 2. The molecule has 3 heterocycles. The fourth-order valence-corrected chi connectivity index (χ4v) is 3.26. The van der Waals surface area contributed by atoms with Crippen molar-refractivity contribution >= 4 is 34.4 Å². The lowest BCUT2D eigenvalue weighted by atomic mass is 10.3. The number of carbonyl (C=O) groups excluding carboxylic acids is 1. The molecule has 2 aromatic heterocycles. The molecule has 0 spiro atoms. The molecule has 10 heteroatoms. The van der Waals surface area contributed by atoms with Gasteiger partial charge >= 0.3 is 5.82 Å². The molecule has 0 N–H and O–H groups in total. The van der Waals surface area contributed by atoms with Crippen molar-refractivity contribution in [1.29, 1.82) is 0 Å². The molecular formula is C18H19N7O3. The lowest BCUT2D eigenvalue weighted by Crippen LogP contribution is -2.33. The van der Waals surface area contributed by atoms with E-state index in [-0.39, 0.29) is 18.1 Å². The molecule has 28 heavy (non-hydrogen) atoms. The van der Waals surface area contributed by atoms with Gasteiger partial charge in [-0.1, -0.05) is 12.1 Å². The van der Waals surface area contributed by atoms with Gasteiger partial charge in [0.2, 0.25) is 12.2 Å². The van der Waals surface area contributed by atoms with E-state index in [0.29, 0.717) is 24.7 Å². The zero-order chi connectivity index (χ0) is 19.7. The maximum Gasteiger partial charge on any atom is 0.381 e. The third-order valence-corrected chi connectivity index (χ3v) is 4.72. The summed E-state index contributed by atoms with van der Waals surface area (Å²) in [5.41, 5.74) is 1.52. The predicted molar refractivity (Wildman–Crippen MR) is 103 cm³/mol. The minimum absolute atomic E-state index is 0.0996. The Labute approximate surface area is 160 Å². The van der Waals surface area contributed by atoms with Crippen LogP contribution in [0.15, 0.2) is 36.8 Å². The summed E-state index contributed by atoms with van der Waals surface area (Å²) >= 11 is 0. The fraction of sp³-hybridized carbons (Fsp3) is 0.333. The quantitative estimate of drug-likeness (QED) is 0.502. The van der Waals surface area contributed by atoms with E-state index in [9.17, 15) is 14.9 Å². The van der Waals surface area contributed by atoms with Gasteiger partial charge in [0, 0.05) is 33.1 Å². The summed E-state index contributed by atoms with van der Waals surface area (Å²) < 4.78 is 1.55. The highest BCUT2D eigenvalue weighted by molar-refractivity contribution is 5.96. The van der Waals surface area contributed by atoms with Gasteiger partial charge in [-0.15, -0.1) is 0 Å². The van der Waals surface area contributed by atoms with Gasteiger partial charge in [0.25, 0.3) is 0 Å². The van der Waals surface area contributed by atoms with Crippen LogP contribution in [0, 0.1) is 10.1 Å². The molecule has 0 atom stereocenters. The number of amides is 1. The molecule has 1 aliphatic heterocycles. The van der Waals surface area contributed by atoms with Crippen LogP contribution < -0.4 is 9.80 Å². The maximum absolute atomic E-state index is 12.9. The Bertz CT molecular complexity index is 1050. The Hall–Kier alpha value is -3.56. The van der Waals surface area contributed by atoms with E-state index < -0.39 is 4.92 Å². The van der Waals surface area contributed by atoms with Crippen molar-refractivity contribution < 1.29 is 9.72 Å². The zero-order valence-corrected chi connectivity index (χ0v) is 15.4. The molecule has 10 nitrogen and oxygen atoms in total. The molecule has 0 fully saturated rings. The maximum atomic E-state index is 12.9. The van der Waals surface area contributed by atoms with Crippen LogP contribution in [0.3, 0.4) is 0 Å². The number of nitrogens with zero attached hydrogens (tertiary/aromatic N) is 7. The van der Waals surface area contributed by atoms with Crippen molar-refractivity contribution in [3.05, 3.63) is 46.9 Å². The number of aromatic nitrogens is 4. The van der Waals surface area contributed by atoms with E-state index in [2.05, 4.69) is 4.98 Å². The SMILES string of the molecule is CN1CCCN(C(=O)CCn2cnc([N+](=O)[O-])c2)c2nc3ccccc3nc21. The molecule has 1 amide bonds. The minimum atomic E-state index is -0.556. The number of hydrogen-bond donors (Lipinski definition) is 0. The lowest BCUT2D eigenvalue weighted by Gasteiger charge is -2.22. The molecular weight excluding hydrogens is 362 g/mol. The van der Waals surface area contributed by atoms with Gasteiger partial charge in [0.15, 0.2) is 11.6 Å². The highest BCUT2D eigenvalue weighted by Gasteiger charge is 2.26. The number of rotatable bonds is 4. The first-order valence-electron chi connectivity index (χ1n) is 8.97. The van der Waals surface area contributed by atoms with Crippen LogP contribution in [0.5, 0.6) is 0 Å². The molecule has 0 unspecified atom stereocenters. The molecule has 144 valence electrons. The van der Waals surface area contributed by atoms with Crippen LogP contribution in [0.1, 0.15) is 12.8 Å². The first-order valence-corrected chi connectivity index (χ1v) is 8.97. The third-order valence-electron chi connectivity index (χ3n) is 4.72. The summed E-state index contributed by atoms with van der Waals surface area (Å²) in [6.07, 6.45) is 3.67. The summed E-state index contributed by atoms with van der Waals surface area (Å²) in [4.78, 5) is 39.9. The Balaban J connectivity index is 1.60. The van der Waals surface area contributed by atoms with Crippen molar-refractivity contribution in [2.45, 2.75) is 19.4 Å². The largest absolute Gasteiger partial charge is 0.381 e. The summed E-state index contributed by atoms with van der Waals surface area (Å²) in [6.45, 7) is 1.63. The summed E-state index contributed by atoms with van der Waals surface area (Å²) in [5, 5.41) is 10.7. The number of carbonyl (C=O) groups is 1. The molecule has 0 saturated heterocycles. The molecule has 0 bridgehead atoms. The van der Waals surface area contributed by atoms with E-state index in [1.54, 1.807) is 9.47 Å². The Morgan fingerprint density at radius 1 is 1.18 bits per heavy atom. The Kier molecular flexibility index (Phi) is 4.60. The molecule has 1 aliphatic rings. The van der Waals surface area contributed by atoms with Gasteiger partial charge in [-0.3, -0.25) is 9.69 Å². The van der Waals surface area contributed by atoms with Gasteiger partial charge in [-0.25, -0.2) is 9.97 Å². The lowest BCUT2D eigenvalue weighted by molar-refractivity contribution is -0.389. The summed E-state index contributed by atoms with van der Waals surface area (Å²) in [5.74, 6) is 0.909. The molecule has 0 radical (unpaired) electrons. The monoisotopic (exact) mass is 381 g/mol. The molecule has 1 aromatic carbocycles. The second-order valence-corrected chi connectivity index (χ2v) is 6.66. The number of benzene rings is 1. The first kappa shape index (κ1) is 17.8. The van der Waals surface area contributed by atoms with E-state index >= 15 is 0 Å². The van der Waals surface area contributed by atoms with Crippen LogP contribution in [-0.4, -0.2) is 50.5 Å². The second-order valence-electron chi connectivity index (χ2n) is 6.66. The van der Waals surface area contributed by atoms with Gasteiger partial charge in [0.1, 0.15) is 6.20 Å². The average Bonchev–Trinajstić information content (AvgIpc) is 3.11. The van der Waals surface area contributed by atoms with E-state index in [1.165, 1.54) is 12.5 Å². The van der Waals surface area contributed by atoms with Crippen molar-refractivity contribution in [1.82, 2.24) is 19.5 Å². The number of hydrogen-bond acceptors (Lipinski definition) is 7. The van der Waals surface area contributed by atoms with Crippen LogP contribution in [0.25, 0.3) is 11.0 Å². The average molecular weight is 381 g/mol. The van der Waals surface area contributed by atoms with Gasteiger partial charge in [-0.2, -0.15) is 0 Å². The van der Waals surface area contributed by atoms with Crippen molar-refractivity contribution in [3.63, 3.8) is 0 Å². The smallest absolute Gasteiger partial charge is 0.358 e. The molecule has 4 rings (SSSR count). The van der Waals surface area contributed by atoms with Crippen molar-refractivity contribution in [3.8, 4) is 0 Å². The highest BCUT2D eigenvalue weighted by Crippen LogP contribution is 2.30. The fourth-order valence-electron chi connectivity index (χ4n) is 3.26. The Morgan fingerprint density at radius 2 is 1.89 bits per heavy atom. The van der Waals surface area contributed by atoms with Gasteiger partial charge in [0.05, 0.1) is 11.0 Å². The third kappa shape index (κ3) is 3.36. The van der Waals surface area contributed by atoms with Crippen LogP contribution in [0.2, 0.25) is 0 Å². The minimum Gasteiger partial charge on any atom is -0.358 e. The number of aryl methyl sites for hydroxylation is 1. The van der Waals surface area contributed by atoms with Crippen LogP contribution in [0.4, 0.5) is 17.5 Å². The molecule has 0 saturated carbocycles. The highest BCUT2D eigenvalue weighted by atomic mass is 16.6. The molecule has 3 aromatic rings. The number of fused-ring (bicyclic) bond motifs is 2. The van der Waals surface area contributed by atoms with Crippen molar-refractivity contribution in [2.24, 2.45) is 0 Å². The van der Waals surface area contributed by atoms with Gasteiger partial charge < -0.3 is 19.6 Å². The van der Waals surface area contributed by atoms with E-state index in [4.69, 9.17) is 9.97 Å². The normalized spacial score (nSPS) is 14.0. The van der Waals surface area contributed by atoms with Crippen molar-refractivity contribution in [2.75, 3.05) is 29.9 Å². The number of nitro groups is 1. The zero-order valence-electron chi connectivity index (χ0n) is 15.4. The summed E-state index contributed by atoms with van der Waals surface area (Å²) in [7, 11) is 1.95. The topological polar surface area (TPSA) is 110 Å². The first-order chi connectivity index (χ1) is 13.5. The van der Waals surface area contributed by atoms with Crippen LogP contribution >= 0.6 is 0 Å². The van der Waals surface area contributed by atoms with Crippen LogP contribution in [-0.2, 0) is 11.3 Å². The predicted octanol–water partition coefficient (Wildman–Crippen LogP) is 2.00. The van der Waals surface area contributed by atoms with Gasteiger partial charge in [-0.05, 0) is 28.5 Å². The number of imidazole rings is 1. The number of anilines is 2. The second kappa shape index (κ2) is 7.22.